The van der Waals surface area contributed by atoms with Crippen molar-refractivity contribution < 1.29 is 14.3 Å². The van der Waals surface area contributed by atoms with Crippen LogP contribution in [0.4, 0.5) is 0 Å². The van der Waals surface area contributed by atoms with E-state index >= 15 is 0 Å². The number of carbonyl (C=O) groups is 2. The molecule has 0 N–H and O–H groups in total. The molecule has 1 aromatic rings. The van der Waals surface area contributed by atoms with E-state index in [1.807, 2.05) is 44.7 Å². The Labute approximate surface area is 157 Å². The van der Waals surface area contributed by atoms with Gasteiger partial charge < -0.3 is 14.5 Å². The molecule has 0 aliphatic carbocycles. The zero-order valence-electron chi connectivity index (χ0n) is 15.7. The van der Waals surface area contributed by atoms with Crippen molar-refractivity contribution in [2.24, 2.45) is 11.8 Å². The van der Waals surface area contributed by atoms with Crippen LogP contribution in [-0.2, 0) is 20.9 Å². The molecule has 26 heavy (non-hydrogen) atoms. The van der Waals surface area contributed by atoms with Crippen LogP contribution in [0, 0.1) is 18.8 Å². The van der Waals surface area contributed by atoms with Gasteiger partial charge in [-0.3, -0.25) is 9.59 Å². The summed E-state index contributed by atoms with van der Waals surface area (Å²) in [7, 11) is 1.77. The van der Waals surface area contributed by atoms with Crippen LogP contribution >= 0.6 is 11.5 Å². The molecule has 8 heteroatoms. The summed E-state index contributed by atoms with van der Waals surface area (Å²) in [6, 6.07) is 0. The lowest BCUT2D eigenvalue weighted by molar-refractivity contribution is -0.144. The summed E-state index contributed by atoms with van der Waals surface area (Å²) in [6.07, 6.45) is 3.63. The van der Waals surface area contributed by atoms with Gasteiger partial charge in [-0.05, 0) is 39.2 Å². The maximum absolute atomic E-state index is 13.2. The van der Waals surface area contributed by atoms with Crippen LogP contribution in [0.2, 0.25) is 0 Å². The van der Waals surface area contributed by atoms with Gasteiger partial charge in [0, 0.05) is 12.6 Å². The highest BCUT2D eigenvalue weighted by Crippen LogP contribution is 2.53. The lowest BCUT2D eigenvalue weighted by Crippen LogP contribution is -2.47. The van der Waals surface area contributed by atoms with Crippen LogP contribution in [0.1, 0.15) is 31.3 Å². The Morgan fingerprint density at radius 1 is 1.50 bits per heavy atom. The summed E-state index contributed by atoms with van der Waals surface area (Å²) in [5, 5.41) is 4.00. The number of nitrogens with zero attached hydrogens (tertiary/aromatic N) is 4. The predicted molar refractivity (Wildman–Crippen MR) is 96.3 cm³/mol. The van der Waals surface area contributed by atoms with Crippen molar-refractivity contribution in [3.63, 3.8) is 0 Å². The lowest BCUT2D eigenvalue weighted by atomic mass is 9.76. The zero-order chi connectivity index (χ0) is 18.9. The summed E-state index contributed by atoms with van der Waals surface area (Å²) in [4.78, 5) is 30.9. The Bertz CT molecular complexity index is 799. The van der Waals surface area contributed by atoms with Gasteiger partial charge in [-0.1, -0.05) is 16.6 Å². The molecule has 2 saturated heterocycles. The predicted octanol–water partition coefficient (Wildman–Crippen LogP) is 1.39. The molecule has 0 aromatic carbocycles. The minimum absolute atomic E-state index is 0.0201. The van der Waals surface area contributed by atoms with Gasteiger partial charge in [-0.15, -0.1) is 5.10 Å². The molecule has 0 saturated carbocycles. The first-order valence-corrected chi connectivity index (χ1v) is 9.63. The van der Waals surface area contributed by atoms with Crippen LogP contribution in [0.15, 0.2) is 12.2 Å². The van der Waals surface area contributed by atoms with Crippen molar-refractivity contribution in [2.45, 2.75) is 51.5 Å². The fourth-order valence-corrected chi connectivity index (χ4v) is 4.98. The second kappa shape index (κ2) is 5.60. The highest BCUT2D eigenvalue weighted by molar-refractivity contribution is 7.05. The number of carbonyl (C=O) groups excluding carboxylic acids is 2. The second-order valence-corrected chi connectivity index (χ2v) is 9.31. The van der Waals surface area contributed by atoms with Crippen LogP contribution in [0.3, 0.4) is 0 Å². The van der Waals surface area contributed by atoms with E-state index in [0.29, 0.717) is 13.1 Å². The van der Waals surface area contributed by atoms with E-state index in [-0.39, 0.29) is 23.5 Å². The van der Waals surface area contributed by atoms with Gasteiger partial charge in [0.05, 0.1) is 41.6 Å². The van der Waals surface area contributed by atoms with E-state index in [9.17, 15) is 9.59 Å². The molecular weight excluding hydrogens is 352 g/mol. The standard InChI is InChI=1S/C18H24N4O3S/c1-10-12(26-20-19-10)8-21(5)15(23)13-11-6-7-18(25-11)9-22(17(2,3)4)16(24)14(13)18/h6-7,11,13-14H,8-9H2,1-5H3/t11-,13+,14+,18-/m0/s1. The Hall–Kier alpha value is -1.80. The van der Waals surface area contributed by atoms with Gasteiger partial charge in [-0.25, -0.2) is 0 Å². The monoisotopic (exact) mass is 376 g/mol. The molecular formula is C18H24N4O3S. The smallest absolute Gasteiger partial charge is 0.230 e. The van der Waals surface area contributed by atoms with E-state index in [1.54, 1.807) is 11.9 Å². The number of ether oxygens (including phenoxy) is 1. The van der Waals surface area contributed by atoms with Gasteiger partial charge in [0.25, 0.3) is 0 Å². The molecule has 3 aliphatic rings. The molecule has 0 radical (unpaired) electrons. The van der Waals surface area contributed by atoms with E-state index < -0.39 is 17.4 Å². The molecule has 7 nitrogen and oxygen atoms in total. The van der Waals surface area contributed by atoms with Crippen molar-refractivity contribution in [1.29, 1.82) is 0 Å². The summed E-state index contributed by atoms with van der Waals surface area (Å²) in [5.74, 6) is -0.937. The largest absolute Gasteiger partial charge is 0.360 e. The highest BCUT2D eigenvalue weighted by atomic mass is 32.1. The third-order valence-electron chi connectivity index (χ3n) is 5.70. The van der Waals surface area contributed by atoms with Crippen molar-refractivity contribution >= 4 is 23.3 Å². The average molecular weight is 376 g/mol. The Morgan fingerprint density at radius 2 is 2.23 bits per heavy atom. The number of aromatic nitrogens is 2. The molecule has 140 valence electrons. The average Bonchev–Trinajstić information content (AvgIpc) is 3.28. The summed E-state index contributed by atoms with van der Waals surface area (Å²) in [6.45, 7) is 8.89. The molecule has 2 amide bonds. The normalized spacial score (nSPS) is 32.4. The third kappa shape index (κ3) is 2.42. The lowest BCUT2D eigenvalue weighted by Gasteiger charge is -2.34. The Kier molecular flexibility index (Phi) is 3.79. The van der Waals surface area contributed by atoms with Crippen LogP contribution in [0.25, 0.3) is 0 Å². The maximum atomic E-state index is 13.2. The topological polar surface area (TPSA) is 75.6 Å². The summed E-state index contributed by atoms with van der Waals surface area (Å²) >= 11 is 1.30. The summed E-state index contributed by atoms with van der Waals surface area (Å²) < 4.78 is 10.1. The first-order chi connectivity index (χ1) is 12.1. The van der Waals surface area contributed by atoms with Gasteiger partial charge in [0.2, 0.25) is 11.8 Å². The first-order valence-electron chi connectivity index (χ1n) is 8.85. The SMILES string of the molecule is Cc1nnsc1CN(C)C(=O)[C@@H]1[C@@H]2C=C[C@@]3(CN(C(C)(C)C)C(=O)[C@@H]13)O2. The van der Waals surface area contributed by atoms with Crippen molar-refractivity contribution in [3.05, 3.63) is 22.7 Å². The van der Waals surface area contributed by atoms with Crippen LogP contribution in [0.5, 0.6) is 0 Å². The number of amides is 2. The van der Waals surface area contributed by atoms with E-state index in [0.717, 1.165) is 10.6 Å². The zero-order valence-corrected chi connectivity index (χ0v) is 16.5. The molecule has 4 heterocycles. The number of fused-ring (bicyclic) bond motifs is 1. The maximum Gasteiger partial charge on any atom is 0.230 e. The third-order valence-corrected chi connectivity index (χ3v) is 6.51. The Morgan fingerprint density at radius 3 is 2.85 bits per heavy atom. The number of hydrogen-bond acceptors (Lipinski definition) is 6. The van der Waals surface area contributed by atoms with Crippen molar-refractivity contribution in [2.75, 3.05) is 13.6 Å². The number of likely N-dealkylation sites (tertiary alicyclic amines) is 1. The minimum Gasteiger partial charge on any atom is -0.360 e. The van der Waals surface area contributed by atoms with Gasteiger partial charge in [0.1, 0.15) is 5.60 Å². The Balaban J connectivity index is 1.59. The van der Waals surface area contributed by atoms with Crippen LogP contribution in [-0.4, -0.2) is 62.0 Å². The highest BCUT2D eigenvalue weighted by Gasteiger charge is 2.68. The second-order valence-electron chi connectivity index (χ2n) is 8.47. The quantitative estimate of drug-likeness (QED) is 0.745. The minimum atomic E-state index is -0.655. The molecule has 2 fully saturated rings. The summed E-state index contributed by atoms with van der Waals surface area (Å²) in [5.41, 5.74) is -0.111. The number of rotatable bonds is 3. The van der Waals surface area contributed by atoms with Gasteiger partial charge >= 0.3 is 0 Å². The number of hydrogen-bond donors (Lipinski definition) is 0. The molecule has 3 aliphatic heterocycles. The van der Waals surface area contributed by atoms with Crippen LogP contribution < -0.4 is 0 Å². The van der Waals surface area contributed by atoms with Crippen molar-refractivity contribution in [1.82, 2.24) is 19.4 Å². The van der Waals surface area contributed by atoms with Crippen molar-refractivity contribution in [3.8, 4) is 0 Å². The van der Waals surface area contributed by atoms with E-state index in [2.05, 4.69) is 9.59 Å². The fraction of sp³-hybridized carbons (Fsp3) is 0.667. The van der Waals surface area contributed by atoms with E-state index in [1.165, 1.54) is 11.5 Å². The van der Waals surface area contributed by atoms with Gasteiger partial charge in [0.15, 0.2) is 0 Å². The molecule has 2 bridgehead atoms. The first kappa shape index (κ1) is 17.6. The molecule has 4 rings (SSSR count). The van der Waals surface area contributed by atoms with E-state index in [4.69, 9.17) is 4.74 Å². The molecule has 0 unspecified atom stereocenters. The van der Waals surface area contributed by atoms with Gasteiger partial charge in [-0.2, -0.15) is 0 Å². The molecule has 4 atom stereocenters. The number of aryl methyl sites for hydroxylation is 1. The molecule has 1 aromatic heterocycles. The fourth-order valence-electron chi connectivity index (χ4n) is 4.29. The molecule has 1 spiro atoms.